The van der Waals surface area contributed by atoms with Gasteiger partial charge in [0.2, 0.25) is 0 Å². The maximum absolute atomic E-state index is 8.78. The summed E-state index contributed by atoms with van der Waals surface area (Å²) in [7, 11) is 0. The number of halogens is 1. The van der Waals surface area contributed by atoms with Gasteiger partial charge in [0.1, 0.15) is 5.01 Å². The Balaban J connectivity index is 2.44. The Morgan fingerprint density at radius 3 is 2.59 bits per heavy atom. The van der Waals surface area contributed by atoms with Gasteiger partial charge < -0.3 is 5.21 Å². The van der Waals surface area contributed by atoms with E-state index < -0.39 is 0 Å². The Labute approximate surface area is 108 Å². The van der Waals surface area contributed by atoms with Crippen molar-refractivity contribution < 1.29 is 5.21 Å². The fourth-order valence-corrected chi connectivity index (χ4v) is 2.63. The largest absolute Gasteiger partial charge is 0.411 e. The third-order valence-electron chi connectivity index (χ3n) is 2.37. The molecular weight excluding hydrogens is 256 g/mol. The molecule has 0 fully saturated rings. The Bertz CT molecular complexity index is 560. The quantitative estimate of drug-likeness (QED) is 0.508. The van der Waals surface area contributed by atoms with E-state index in [4.69, 9.17) is 16.8 Å². The monoisotopic (exact) mass is 266 g/mol. The second kappa shape index (κ2) is 4.85. The fraction of sp³-hybridized carbons (Fsp3) is 0.167. The SMILES string of the molecule is C/C(=N/O)c1sc(-c2ccc(Cl)cc2)nc1C. The highest BCUT2D eigenvalue weighted by Crippen LogP contribution is 2.29. The summed E-state index contributed by atoms with van der Waals surface area (Å²) in [4.78, 5) is 5.36. The molecule has 17 heavy (non-hydrogen) atoms. The van der Waals surface area contributed by atoms with Crippen LogP contribution >= 0.6 is 22.9 Å². The Morgan fingerprint density at radius 2 is 2.00 bits per heavy atom. The first-order valence-corrected chi connectivity index (χ1v) is 6.23. The topological polar surface area (TPSA) is 45.5 Å². The minimum atomic E-state index is 0.584. The average Bonchev–Trinajstić information content (AvgIpc) is 2.71. The van der Waals surface area contributed by atoms with Crippen molar-refractivity contribution in [2.24, 2.45) is 5.16 Å². The van der Waals surface area contributed by atoms with Crippen molar-refractivity contribution in [2.75, 3.05) is 0 Å². The van der Waals surface area contributed by atoms with Gasteiger partial charge in [-0.2, -0.15) is 0 Å². The summed E-state index contributed by atoms with van der Waals surface area (Å²) in [6, 6.07) is 7.52. The molecule has 1 aromatic heterocycles. The summed E-state index contributed by atoms with van der Waals surface area (Å²) >= 11 is 7.35. The summed E-state index contributed by atoms with van der Waals surface area (Å²) in [5.41, 5.74) is 2.47. The maximum atomic E-state index is 8.78. The minimum absolute atomic E-state index is 0.584. The maximum Gasteiger partial charge on any atom is 0.124 e. The van der Waals surface area contributed by atoms with Crippen LogP contribution in [0.3, 0.4) is 0 Å². The number of aryl methyl sites for hydroxylation is 1. The smallest absolute Gasteiger partial charge is 0.124 e. The second-order valence-corrected chi connectivity index (χ2v) is 5.06. The Hall–Kier alpha value is -1.39. The lowest BCUT2D eigenvalue weighted by molar-refractivity contribution is 0.319. The van der Waals surface area contributed by atoms with Gasteiger partial charge in [-0.05, 0) is 26.0 Å². The molecule has 2 rings (SSSR count). The van der Waals surface area contributed by atoms with E-state index in [-0.39, 0.29) is 0 Å². The van der Waals surface area contributed by atoms with Gasteiger partial charge in [-0.25, -0.2) is 4.98 Å². The van der Waals surface area contributed by atoms with Crippen LogP contribution in [-0.2, 0) is 0 Å². The summed E-state index contributed by atoms with van der Waals surface area (Å²) in [5.74, 6) is 0. The van der Waals surface area contributed by atoms with E-state index in [1.54, 1.807) is 6.92 Å². The van der Waals surface area contributed by atoms with Gasteiger partial charge >= 0.3 is 0 Å². The summed E-state index contributed by atoms with van der Waals surface area (Å²) < 4.78 is 0. The first kappa shape index (κ1) is 12.1. The number of oxime groups is 1. The molecule has 0 aliphatic heterocycles. The molecule has 0 saturated heterocycles. The second-order valence-electron chi connectivity index (χ2n) is 3.63. The molecule has 0 bridgehead atoms. The normalized spacial score (nSPS) is 11.8. The molecule has 0 spiro atoms. The predicted molar refractivity (Wildman–Crippen MR) is 71.3 cm³/mol. The molecule has 0 aliphatic carbocycles. The highest BCUT2D eigenvalue weighted by Gasteiger charge is 2.11. The lowest BCUT2D eigenvalue weighted by atomic mass is 10.2. The van der Waals surface area contributed by atoms with Gasteiger partial charge in [0.05, 0.1) is 16.3 Å². The van der Waals surface area contributed by atoms with Crippen LogP contribution in [0.4, 0.5) is 0 Å². The van der Waals surface area contributed by atoms with Gasteiger partial charge in [-0.3, -0.25) is 0 Å². The van der Waals surface area contributed by atoms with E-state index in [2.05, 4.69) is 10.1 Å². The number of nitrogens with zero attached hydrogens (tertiary/aromatic N) is 2. The Morgan fingerprint density at radius 1 is 1.35 bits per heavy atom. The first-order chi connectivity index (χ1) is 8.11. The van der Waals surface area contributed by atoms with Gasteiger partial charge in [-0.15, -0.1) is 11.3 Å². The Kier molecular flexibility index (Phi) is 3.45. The van der Waals surface area contributed by atoms with Crippen LogP contribution in [0.15, 0.2) is 29.4 Å². The lowest BCUT2D eigenvalue weighted by Crippen LogP contribution is -1.92. The zero-order chi connectivity index (χ0) is 12.4. The van der Waals surface area contributed by atoms with Crippen molar-refractivity contribution in [2.45, 2.75) is 13.8 Å². The number of hydrogen-bond acceptors (Lipinski definition) is 4. The van der Waals surface area contributed by atoms with Crippen LogP contribution in [-0.4, -0.2) is 15.9 Å². The standard InChI is InChI=1S/C12H11ClN2OS/c1-7-11(8(2)15-16)17-12(14-7)9-3-5-10(13)6-4-9/h3-6,16H,1-2H3/b15-8-. The molecule has 1 aromatic carbocycles. The van der Waals surface area contributed by atoms with Crippen molar-refractivity contribution >= 4 is 28.6 Å². The number of aromatic nitrogens is 1. The van der Waals surface area contributed by atoms with Gasteiger partial charge in [0, 0.05) is 10.6 Å². The molecule has 0 saturated carbocycles. The number of rotatable bonds is 2. The zero-order valence-corrected chi connectivity index (χ0v) is 11.0. The molecule has 88 valence electrons. The lowest BCUT2D eigenvalue weighted by Gasteiger charge is -1.95. The molecule has 0 aliphatic rings. The highest BCUT2D eigenvalue weighted by molar-refractivity contribution is 7.17. The average molecular weight is 267 g/mol. The van der Waals surface area contributed by atoms with Crippen molar-refractivity contribution in [3.63, 3.8) is 0 Å². The highest BCUT2D eigenvalue weighted by atomic mass is 35.5. The van der Waals surface area contributed by atoms with Crippen molar-refractivity contribution in [1.82, 2.24) is 4.98 Å². The number of hydrogen-bond donors (Lipinski definition) is 1. The van der Waals surface area contributed by atoms with E-state index in [9.17, 15) is 0 Å². The van der Waals surface area contributed by atoms with E-state index in [1.165, 1.54) is 11.3 Å². The van der Waals surface area contributed by atoms with Crippen molar-refractivity contribution in [3.05, 3.63) is 39.9 Å². The summed E-state index contributed by atoms with van der Waals surface area (Å²) in [5, 5.41) is 13.6. The van der Waals surface area contributed by atoms with E-state index in [0.717, 1.165) is 21.1 Å². The molecule has 1 heterocycles. The number of thiazole rings is 1. The minimum Gasteiger partial charge on any atom is -0.411 e. The van der Waals surface area contributed by atoms with Crippen molar-refractivity contribution in [1.29, 1.82) is 0 Å². The fourth-order valence-electron chi connectivity index (χ4n) is 1.49. The third kappa shape index (κ3) is 2.48. The van der Waals surface area contributed by atoms with Crippen LogP contribution in [0.25, 0.3) is 10.6 Å². The van der Waals surface area contributed by atoms with E-state index in [1.807, 2.05) is 31.2 Å². The number of benzene rings is 1. The predicted octanol–water partition coefficient (Wildman–Crippen LogP) is 3.97. The van der Waals surface area contributed by atoms with E-state index in [0.29, 0.717) is 10.7 Å². The molecule has 0 atom stereocenters. The molecule has 2 aromatic rings. The van der Waals surface area contributed by atoms with Crippen LogP contribution in [0.1, 0.15) is 17.5 Å². The van der Waals surface area contributed by atoms with Gasteiger partial charge in [0.25, 0.3) is 0 Å². The molecular formula is C12H11ClN2OS. The van der Waals surface area contributed by atoms with Crippen LogP contribution < -0.4 is 0 Å². The third-order valence-corrected chi connectivity index (χ3v) is 3.93. The first-order valence-electron chi connectivity index (χ1n) is 5.04. The van der Waals surface area contributed by atoms with Crippen LogP contribution in [0.5, 0.6) is 0 Å². The molecule has 0 radical (unpaired) electrons. The summed E-state index contributed by atoms with van der Waals surface area (Å²) in [6.07, 6.45) is 0. The van der Waals surface area contributed by atoms with Crippen LogP contribution in [0.2, 0.25) is 5.02 Å². The molecule has 1 N–H and O–H groups in total. The molecule has 5 heteroatoms. The zero-order valence-electron chi connectivity index (χ0n) is 9.44. The van der Waals surface area contributed by atoms with Crippen molar-refractivity contribution in [3.8, 4) is 10.6 Å². The van der Waals surface area contributed by atoms with Crippen LogP contribution in [0, 0.1) is 6.92 Å². The van der Waals surface area contributed by atoms with E-state index >= 15 is 0 Å². The molecule has 0 unspecified atom stereocenters. The summed E-state index contributed by atoms with van der Waals surface area (Å²) in [6.45, 7) is 3.66. The van der Waals surface area contributed by atoms with Gasteiger partial charge in [0.15, 0.2) is 0 Å². The molecule has 0 amide bonds. The van der Waals surface area contributed by atoms with Gasteiger partial charge in [-0.1, -0.05) is 28.9 Å². The molecule has 3 nitrogen and oxygen atoms in total.